The third-order valence-electron chi connectivity index (χ3n) is 3.53. The van der Waals surface area contributed by atoms with Gasteiger partial charge in [-0.2, -0.15) is 0 Å². The molecular formula is C13H18N2O2. The Kier molecular flexibility index (Phi) is 2.91. The Morgan fingerprint density at radius 3 is 3.06 bits per heavy atom. The first-order chi connectivity index (χ1) is 8.33. The summed E-state index contributed by atoms with van der Waals surface area (Å²) in [6.07, 6.45) is 3.48. The molecule has 4 nitrogen and oxygen atoms in total. The lowest BCUT2D eigenvalue weighted by Crippen LogP contribution is -2.26. The molecular weight excluding hydrogens is 216 g/mol. The topological polar surface area (TPSA) is 56.5 Å². The maximum atomic E-state index is 6.23. The normalized spacial score (nSPS) is 23.9. The van der Waals surface area contributed by atoms with Crippen LogP contribution in [0, 0.1) is 0 Å². The van der Waals surface area contributed by atoms with Gasteiger partial charge in [0, 0.05) is 12.1 Å². The first-order valence-corrected chi connectivity index (χ1v) is 6.21. The number of nitrogens with one attached hydrogen (secondary N) is 1. The van der Waals surface area contributed by atoms with Crippen LogP contribution in [0.15, 0.2) is 18.2 Å². The molecule has 0 aliphatic carbocycles. The van der Waals surface area contributed by atoms with Gasteiger partial charge in [-0.05, 0) is 43.5 Å². The van der Waals surface area contributed by atoms with E-state index >= 15 is 0 Å². The third kappa shape index (κ3) is 2.23. The summed E-state index contributed by atoms with van der Waals surface area (Å²) in [6, 6.07) is 6.62. The molecule has 0 saturated carbocycles. The molecule has 1 fully saturated rings. The summed E-state index contributed by atoms with van der Waals surface area (Å²) in [5.74, 6) is 1.64. The number of nitrogens with two attached hydrogens (primary N) is 1. The summed E-state index contributed by atoms with van der Waals surface area (Å²) in [6.45, 7) is 1.44. The van der Waals surface area contributed by atoms with Crippen molar-refractivity contribution in [1.82, 2.24) is 5.32 Å². The van der Waals surface area contributed by atoms with Gasteiger partial charge in [-0.3, -0.25) is 0 Å². The summed E-state index contributed by atoms with van der Waals surface area (Å²) >= 11 is 0. The highest BCUT2D eigenvalue weighted by molar-refractivity contribution is 5.45. The predicted molar refractivity (Wildman–Crippen MR) is 65.1 cm³/mol. The lowest BCUT2D eigenvalue weighted by molar-refractivity contribution is 0.174. The molecule has 1 saturated heterocycles. The van der Waals surface area contributed by atoms with Gasteiger partial charge in [-0.1, -0.05) is 6.07 Å². The number of hydrogen-bond acceptors (Lipinski definition) is 4. The van der Waals surface area contributed by atoms with Crippen LogP contribution in [0.25, 0.3) is 0 Å². The lowest BCUT2D eigenvalue weighted by atomic mass is 9.99. The number of ether oxygens (including phenoxy) is 2. The Labute approximate surface area is 101 Å². The molecule has 92 valence electrons. The van der Waals surface area contributed by atoms with Crippen LogP contribution in [0.3, 0.4) is 0 Å². The Bertz CT molecular complexity index is 402. The zero-order valence-corrected chi connectivity index (χ0v) is 9.82. The molecule has 0 bridgehead atoms. The standard InChI is InChI=1S/C13H18N2O2/c14-11(7-10-2-1-5-15-10)9-3-4-12-13(6-9)17-8-16-12/h3-4,6,10-11,15H,1-2,5,7-8,14H2. The van der Waals surface area contributed by atoms with Crippen LogP contribution in [0.4, 0.5) is 0 Å². The largest absolute Gasteiger partial charge is 0.454 e. The smallest absolute Gasteiger partial charge is 0.231 e. The van der Waals surface area contributed by atoms with Crippen LogP contribution in [0.5, 0.6) is 11.5 Å². The second-order valence-electron chi connectivity index (χ2n) is 4.75. The van der Waals surface area contributed by atoms with E-state index in [-0.39, 0.29) is 6.04 Å². The van der Waals surface area contributed by atoms with Gasteiger partial charge in [-0.25, -0.2) is 0 Å². The second-order valence-corrected chi connectivity index (χ2v) is 4.75. The first-order valence-electron chi connectivity index (χ1n) is 6.21. The molecule has 0 amide bonds. The van der Waals surface area contributed by atoms with Crippen molar-refractivity contribution in [2.24, 2.45) is 5.73 Å². The van der Waals surface area contributed by atoms with Crippen molar-refractivity contribution < 1.29 is 9.47 Å². The van der Waals surface area contributed by atoms with E-state index in [4.69, 9.17) is 15.2 Å². The van der Waals surface area contributed by atoms with Crippen molar-refractivity contribution in [3.63, 3.8) is 0 Å². The number of hydrogen-bond donors (Lipinski definition) is 2. The zero-order valence-electron chi connectivity index (χ0n) is 9.82. The van der Waals surface area contributed by atoms with E-state index in [1.807, 2.05) is 18.2 Å². The fourth-order valence-corrected chi connectivity index (χ4v) is 2.54. The van der Waals surface area contributed by atoms with Crippen molar-refractivity contribution in [2.75, 3.05) is 13.3 Å². The number of fused-ring (bicyclic) bond motifs is 1. The molecule has 3 rings (SSSR count). The van der Waals surface area contributed by atoms with Crippen molar-refractivity contribution >= 4 is 0 Å². The molecule has 4 heteroatoms. The molecule has 2 aliphatic heterocycles. The van der Waals surface area contributed by atoms with Gasteiger partial charge in [0.15, 0.2) is 11.5 Å². The van der Waals surface area contributed by atoms with Crippen LogP contribution in [-0.4, -0.2) is 19.4 Å². The van der Waals surface area contributed by atoms with Crippen LogP contribution in [0.2, 0.25) is 0 Å². The molecule has 2 aliphatic rings. The number of benzene rings is 1. The van der Waals surface area contributed by atoms with E-state index in [9.17, 15) is 0 Å². The van der Waals surface area contributed by atoms with Gasteiger partial charge >= 0.3 is 0 Å². The highest BCUT2D eigenvalue weighted by Gasteiger charge is 2.20. The van der Waals surface area contributed by atoms with Crippen molar-refractivity contribution in [3.8, 4) is 11.5 Å². The predicted octanol–water partition coefficient (Wildman–Crippen LogP) is 1.56. The molecule has 2 unspecified atom stereocenters. The molecule has 0 spiro atoms. The molecule has 2 heterocycles. The molecule has 0 radical (unpaired) electrons. The van der Waals surface area contributed by atoms with Crippen LogP contribution >= 0.6 is 0 Å². The highest BCUT2D eigenvalue weighted by Crippen LogP contribution is 2.34. The Morgan fingerprint density at radius 1 is 1.35 bits per heavy atom. The maximum absolute atomic E-state index is 6.23. The van der Waals surface area contributed by atoms with E-state index in [1.165, 1.54) is 12.8 Å². The quantitative estimate of drug-likeness (QED) is 0.833. The summed E-state index contributed by atoms with van der Waals surface area (Å²) < 4.78 is 10.7. The maximum Gasteiger partial charge on any atom is 0.231 e. The van der Waals surface area contributed by atoms with Crippen LogP contribution in [-0.2, 0) is 0 Å². The Morgan fingerprint density at radius 2 is 2.24 bits per heavy atom. The fourth-order valence-electron chi connectivity index (χ4n) is 2.54. The SMILES string of the molecule is NC(CC1CCCN1)c1ccc2c(c1)OCO2. The minimum atomic E-state index is 0.0695. The molecule has 1 aromatic rings. The van der Waals surface area contributed by atoms with Crippen LogP contribution in [0.1, 0.15) is 30.9 Å². The average Bonchev–Trinajstić information content (AvgIpc) is 2.97. The second kappa shape index (κ2) is 4.55. The highest BCUT2D eigenvalue weighted by atomic mass is 16.7. The van der Waals surface area contributed by atoms with E-state index in [0.29, 0.717) is 12.8 Å². The summed E-state index contributed by atoms with van der Waals surface area (Å²) in [4.78, 5) is 0. The molecule has 2 atom stereocenters. The first kappa shape index (κ1) is 10.9. The number of rotatable bonds is 3. The minimum absolute atomic E-state index is 0.0695. The molecule has 1 aromatic carbocycles. The van der Waals surface area contributed by atoms with E-state index in [2.05, 4.69) is 5.32 Å². The van der Waals surface area contributed by atoms with E-state index in [0.717, 1.165) is 30.0 Å². The van der Waals surface area contributed by atoms with Crippen molar-refractivity contribution in [1.29, 1.82) is 0 Å². The van der Waals surface area contributed by atoms with Gasteiger partial charge in [0.1, 0.15) is 0 Å². The summed E-state index contributed by atoms with van der Waals surface area (Å²) in [5.41, 5.74) is 7.36. The Balaban J connectivity index is 1.70. The lowest BCUT2D eigenvalue weighted by Gasteiger charge is -2.17. The Hall–Kier alpha value is -1.26. The minimum Gasteiger partial charge on any atom is -0.454 e. The van der Waals surface area contributed by atoms with Gasteiger partial charge in [0.25, 0.3) is 0 Å². The van der Waals surface area contributed by atoms with Gasteiger partial charge < -0.3 is 20.5 Å². The fraction of sp³-hybridized carbons (Fsp3) is 0.538. The summed E-state index contributed by atoms with van der Waals surface area (Å²) in [5, 5.41) is 3.47. The summed E-state index contributed by atoms with van der Waals surface area (Å²) in [7, 11) is 0. The van der Waals surface area contributed by atoms with E-state index in [1.54, 1.807) is 0 Å². The van der Waals surface area contributed by atoms with Crippen molar-refractivity contribution in [2.45, 2.75) is 31.3 Å². The monoisotopic (exact) mass is 234 g/mol. The molecule has 3 N–H and O–H groups in total. The third-order valence-corrected chi connectivity index (χ3v) is 3.53. The zero-order chi connectivity index (χ0) is 11.7. The van der Waals surface area contributed by atoms with Gasteiger partial charge in [0.2, 0.25) is 6.79 Å². The van der Waals surface area contributed by atoms with Gasteiger partial charge in [-0.15, -0.1) is 0 Å². The average molecular weight is 234 g/mol. The van der Waals surface area contributed by atoms with E-state index < -0.39 is 0 Å². The van der Waals surface area contributed by atoms with Crippen LogP contribution < -0.4 is 20.5 Å². The van der Waals surface area contributed by atoms with Gasteiger partial charge in [0.05, 0.1) is 0 Å². The van der Waals surface area contributed by atoms with Crippen molar-refractivity contribution in [3.05, 3.63) is 23.8 Å². The molecule has 0 aromatic heterocycles. The molecule has 17 heavy (non-hydrogen) atoms.